The number of fused-ring (bicyclic) bond motifs is 1. The Labute approximate surface area is 145 Å². The molecule has 0 aliphatic heterocycles. The summed E-state index contributed by atoms with van der Waals surface area (Å²) in [5.41, 5.74) is 3.43. The van der Waals surface area contributed by atoms with Crippen LogP contribution in [0.15, 0.2) is 36.5 Å². The lowest BCUT2D eigenvalue weighted by Crippen LogP contribution is -2.38. The third-order valence-corrected chi connectivity index (χ3v) is 3.99. The number of H-pyrrole nitrogens is 1. The first-order valence-corrected chi connectivity index (χ1v) is 8.16. The Morgan fingerprint density at radius 2 is 2.00 bits per heavy atom. The summed E-state index contributed by atoms with van der Waals surface area (Å²) in [5.74, 6) is -0.499. The molecule has 0 unspecified atom stereocenters. The molecule has 1 aromatic carbocycles. The normalized spacial score (nSPS) is 10.8. The zero-order valence-electron chi connectivity index (χ0n) is 14.3. The van der Waals surface area contributed by atoms with Gasteiger partial charge in [-0.1, -0.05) is 18.2 Å². The number of nitrogens with zero attached hydrogens (tertiary/aromatic N) is 2. The van der Waals surface area contributed by atoms with Crippen LogP contribution >= 0.6 is 0 Å². The predicted molar refractivity (Wildman–Crippen MR) is 95.3 cm³/mol. The van der Waals surface area contributed by atoms with E-state index in [1.807, 2.05) is 48.9 Å². The molecule has 0 aliphatic rings. The minimum Gasteiger partial charge on any atom is -0.360 e. The van der Waals surface area contributed by atoms with Crippen LogP contribution in [0.3, 0.4) is 0 Å². The molecule has 0 radical (unpaired) electrons. The van der Waals surface area contributed by atoms with E-state index in [0.29, 0.717) is 18.7 Å². The number of para-hydroxylation sites is 1. The van der Waals surface area contributed by atoms with E-state index >= 15 is 0 Å². The Kier molecular flexibility index (Phi) is 4.83. The highest BCUT2D eigenvalue weighted by atomic mass is 16.2. The van der Waals surface area contributed by atoms with Gasteiger partial charge in [-0.2, -0.15) is 5.10 Å². The molecule has 3 rings (SSSR count). The number of hydrogen-bond acceptors (Lipinski definition) is 3. The fourth-order valence-electron chi connectivity index (χ4n) is 2.78. The number of carbonyl (C=O) groups excluding carboxylic acids is 2. The maximum atomic E-state index is 12.2. The van der Waals surface area contributed by atoms with Crippen molar-refractivity contribution >= 4 is 22.7 Å². The van der Waals surface area contributed by atoms with E-state index in [9.17, 15) is 9.59 Å². The van der Waals surface area contributed by atoms with Crippen LogP contribution in [0, 0.1) is 13.8 Å². The van der Waals surface area contributed by atoms with Crippen molar-refractivity contribution in [1.82, 2.24) is 25.4 Å². The van der Waals surface area contributed by atoms with Crippen molar-refractivity contribution < 1.29 is 9.59 Å². The fourth-order valence-corrected chi connectivity index (χ4v) is 2.78. The summed E-state index contributed by atoms with van der Waals surface area (Å²) in [6.07, 6.45) is 1.65. The summed E-state index contributed by atoms with van der Waals surface area (Å²) >= 11 is 0. The average molecular weight is 339 g/mol. The lowest BCUT2D eigenvalue weighted by atomic mass is 10.1. The van der Waals surface area contributed by atoms with E-state index in [1.54, 1.807) is 6.20 Å². The molecule has 2 heterocycles. The van der Waals surface area contributed by atoms with Crippen molar-refractivity contribution in [2.75, 3.05) is 13.1 Å². The molecule has 25 heavy (non-hydrogen) atoms. The first kappa shape index (κ1) is 16.8. The lowest BCUT2D eigenvalue weighted by molar-refractivity contribution is -0.120. The van der Waals surface area contributed by atoms with Crippen LogP contribution in [-0.4, -0.2) is 39.7 Å². The SMILES string of the molecule is Cc1cc(C)n(CCNC(=O)CNC(=O)c2c[nH]c3ccccc23)n1. The maximum Gasteiger partial charge on any atom is 0.253 e. The third-order valence-electron chi connectivity index (χ3n) is 3.99. The molecule has 7 nitrogen and oxygen atoms in total. The summed E-state index contributed by atoms with van der Waals surface area (Å²) in [4.78, 5) is 27.2. The molecule has 0 saturated heterocycles. The van der Waals surface area contributed by atoms with Gasteiger partial charge in [0.25, 0.3) is 5.91 Å². The highest BCUT2D eigenvalue weighted by Gasteiger charge is 2.12. The molecule has 0 aliphatic carbocycles. The Morgan fingerprint density at radius 1 is 1.20 bits per heavy atom. The van der Waals surface area contributed by atoms with Crippen molar-refractivity contribution in [2.45, 2.75) is 20.4 Å². The van der Waals surface area contributed by atoms with Gasteiger partial charge >= 0.3 is 0 Å². The largest absolute Gasteiger partial charge is 0.360 e. The molecule has 2 aromatic heterocycles. The molecule has 130 valence electrons. The van der Waals surface area contributed by atoms with E-state index in [0.717, 1.165) is 22.3 Å². The second kappa shape index (κ2) is 7.21. The number of aryl methyl sites for hydroxylation is 2. The molecule has 3 N–H and O–H groups in total. The summed E-state index contributed by atoms with van der Waals surface area (Å²) in [5, 5.41) is 10.6. The molecule has 0 saturated carbocycles. The van der Waals surface area contributed by atoms with Crippen LogP contribution in [0.25, 0.3) is 10.9 Å². The van der Waals surface area contributed by atoms with E-state index in [1.165, 1.54) is 0 Å². The lowest BCUT2D eigenvalue weighted by Gasteiger charge is -2.08. The summed E-state index contributed by atoms with van der Waals surface area (Å²) < 4.78 is 1.85. The molecule has 2 amide bonds. The second-order valence-corrected chi connectivity index (χ2v) is 5.93. The average Bonchev–Trinajstić information content (AvgIpc) is 3.16. The van der Waals surface area contributed by atoms with Crippen LogP contribution in [0.5, 0.6) is 0 Å². The number of nitrogens with one attached hydrogen (secondary N) is 3. The van der Waals surface area contributed by atoms with Crippen LogP contribution in [-0.2, 0) is 11.3 Å². The Hall–Kier alpha value is -3.09. The monoisotopic (exact) mass is 339 g/mol. The standard InChI is InChI=1S/C18H21N5O2/c1-12-9-13(2)23(22-12)8-7-19-17(24)11-21-18(25)15-10-20-16-6-4-3-5-14(15)16/h3-6,9-10,20H,7-8,11H2,1-2H3,(H,19,24)(H,21,25). The van der Waals surface area contributed by atoms with Crippen molar-refractivity contribution in [3.63, 3.8) is 0 Å². The highest BCUT2D eigenvalue weighted by molar-refractivity contribution is 6.07. The fraction of sp³-hybridized carbons (Fsp3) is 0.278. The topological polar surface area (TPSA) is 91.8 Å². The van der Waals surface area contributed by atoms with E-state index in [2.05, 4.69) is 20.7 Å². The van der Waals surface area contributed by atoms with Crippen LogP contribution in [0.2, 0.25) is 0 Å². The van der Waals surface area contributed by atoms with Gasteiger partial charge in [0.15, 0.2) is 0 Å². The van der Waals surface area contributed by atoms with Gasteiger partial charge in [0.05, 0.1) is 24.3 Å². The molecule has 3 aromatic rings. The van der Waals surface area contributed by atoms with Crippen LogP contribution in [0.4, 0.5) is 0 Å². The zero-order chi connectivity index (χ0) is 17.8. The van der Waals surface area contributed by atoms with Crippen molar-refractivity contribution in [2.24, 2.45) is 0 Å². The van der Waals surface area contributed by atoms with Gasteiger partial charge in [0.2, 0.25) is 5.91 Å². The number of amides is 2. The van der Waals surface area contributed by atoms with Gasteiger partial charge in [0, 0.05) is 29.3 Å². The minimum absolute atomic E-state index is 0.0601. The Balaban J connectivity index is 1.47. The smallest absolute Gasteiger partial charge is 0.253 e. The molecule has 0 fully saturated rings. The molecule has 7 heteroatoms. The summed E-state index contributed by atoms with van der Waals surface area (Å²) in [6, 6.07) is 9.53. The molecule has 0 spiro atoms. The summed E-state index contributed by atoms with van der Waals surface area (Å²) in [6.45, 7) is 4.91. The number of carbonyl (C=O) groups is 2. The Morgan fingerprint density at radius 3 is 2.76 bits per heavy atom. The molecular weight excluding hydrogens is 318 g/mol. The van der Waals surface area contributed by atoms with E-state index in [-0.39, 0.29) is 18.4 Å². The van der Waals surface area contributed by atoms with Gasteiger partial charge < -0.3 is 15.6 Å². The first-order chi connectivity index (χ1) is 12.0. The maximum absolute atomic E-state index is 12.2. The summed E-state index contributed by atoms with van der Waals surface area (Å²) in [7, 11) is 0. The quantitative estimate of drug-likeness (QED) is 0.636. The molecule has 0 bridgehead atoms. The van der Waals surface area contributed by atoms with Crippen molar-refractivity contribution in [3.8, 4) is 0 Å². The number of benzene rings is 1. The van der Waals surface area contributed by atoms with Gasteiger partial charge in [-0.25, -0.2) is 0 Å². The first-order valence-electron chi connectivity index (χ1n) is 8.16. The minimum atomic E-state index is -0.272. The van der Waals surface area contributed by atoms with Crippen molar-refractivity contribution in [3.05, 3.63) is 53.5 Å². The number of aromatic amines is 1. The Bertz CT molecular complexity index is 909. The molecular formula is C18H21N5O2. The van der Waals surface area contributed by atoms with Gasteiger partial charge in [-0.05, 0) is 26.0 Å². The number of rotatable bonds is 6. The van der Waals surface area contributed by atoms with Gasteiger partial charge in [-0.15, -0.1) is 0 Å². The van der Waals surface area contributed by atoms with Crippen molar-refractivity contribution in [1.29, 1.82) is 0 Å². The highest BCUT2D eigenvalue weighted by Crippen LogP contribution is 2.17. The van der Waals surface area contributed by atoms with Crippen LogP contribution in [0.1, 0.15) is 21.7 Å². The predicted octanol–water partition coefficient (Wildman–Crippen LogP) is 1.53. The third kappa shape index (κ3) is 3.88. The van der Waals surface area contributed by atoms with Crippen LogP contribution < -0.4 is 10.6 Å². The second-order valence-electron chi connectivity index (χ2n) is 5.93. The van der Waals surface area contributed by atoms with Gasteiger partial charge in [-0.3, -0.25) is 14.3 Å². The van der Waals surface area contributed by atoms with Gasteiger partial charge in [0.1, 0.15) is 0 Å². The van der Waals surface area contributed by atoms with E-state index < -0.39 is 0 Å². The number of aromatic nitrogens is 3. The number of hydrogen-bond donors (Lipinski definition) is 3. The zero-order valence-corrected chi connectivity index (χ0v) is 14.3. The molecule has 0 atom stereocenters. The van der Waals surface area contributed by atoms with E-state index in [4.69, 9.17) is 0 Å².